The Morgan fingerprint density at radius 1 is 0.905 bits per heavy atom. The van der Waals surface area contributed by atoms with E-state index in [1.54, 1.807) is 12.1 Å². The molecule has 3 heteroatoms. The highest BCUT2D eigenvalue weighted by atomic mass is 19.3. The predicted molar refractivity (Wildman–Crippen MR) is 80.1 cm³/mol. The van der Waals surface area contributed by atoms with Gasteiger partial charge in [0.25, 0.3) is 6.43 Å². The van der Waals surface area contributed by atoms with Crippen LogP contribution in [0.2, 0.25) is 0 Å². The molecular formula is C18H19F2N. The van der Waals surface area contributed by atoms with Gasteiger partial charge in [-0.15, -0.1) is 0 Å². The highest BCUT2D eigenvalue weighted by molar-refractivity contribution is 5.25. The Morgan fingerprint density at radius 2 is 1.57 bits per heavy atom. The summed E-state index contributed by atoms with van der Waals surface area (Å²) in [5.74, 6) is 0.702. The lowest BCUT2D eigenvalue weighted by Gasteiger charge is -2.19. The SMILES string of the molecule is FC(F)c1ccc(CNC(c2ccccc2)C2CC2)cc1. The van der Waals surface area contributed by atoms with Crippen molar-refractivity contribution in [3.63, 3.8) is 0 Å². The Labute approximate surface area is 124 Å². The highest BCUT2D eigenvalue weighted by Crippen LogP contribution is 2.41. The first kappa shape index (κ1) is 14.2. The molecule has 3 rings (SSSR count). The summed E-state index contributed by atoms with van der Waals surface area (Å²) in [4.78, 5) is 0. The number of alkyl halides is 2. The minimum Gasteiger partial charge on any atom is -0.306 e. The third kappa shape index (κ3) is 3.67. The third-order valence-corrected chi connectivity index (χ3v) is 4.01. The smallest absolute Gasteiger partial charge is 0.263 e. The average Bonchev–Trinajstić information content (AvgIpc) is 3.34. The molecule has 1 atom stereocenters. The van der Waals surface area contributed by atoms with Gasteiger partial charge in [-0.2, -0.15) is 0 Å². The molecule has 0 amide bonds. The van der Waals surface area contributed by atoms with Gasteiger partial charge in [-0.3, -0.25) is 0 Å². The quantitative estimate of drug-likeness (QED) is 0.799. The molecule has 0 heterocycles. The van der Waals surface area contributed by atoms with E-state index in [2.05, 4.69) is 29.6 Å². The molecule has 1 N–H and O–H groups in total. The summed E-state index contributed by atoms with van der Waals surface area (Å²) < 4.78 is 25.1. The zero-order valence-corrected chi connectivity index (χ0v) is 11.8. The number of halogens is 2. The van der Waals surface area contributed by atoms with Crippen LogP contribution in [-0.4, -0.2) is 0 Å². The first-order valence-electron chi connectivity index (χ1n) is 7.39. The standard InChI is InChI=1S/C18H19F2N/c19-18(20)16-8-6-13(7-9-16)12-21-17(15-10-11-15)14-4-2-1-3-5-14/h1-9,15,17-18,21H,10-12H2. The summed E-state index contributed by atoms with van der Waals surface area (Å²) in [6.07, 6.45) is 0.129. The lowest BCUT2D eigenvalue weighted by atomic mass is 10.0. The van der Waals surface area contributed by atoms with Gasteiger partial charge in [-0.05, 0) is 29.9 Å². The number of hydrogen-bond acceptors (Lipinski definition) is 1. The molecule has 110 valence electrons. The second-order valence-electron chi connectivity index (χ2n) is 5.65. The molecule has 2 aromatic rings. The van der Waals surface area contributed by atoms with Crippen molar-refractivity contribution >= 4 is 0 Å². The minimum atomic E-state index is -2.39. The van der Waals surface area contributed by atoms with Crippen LogP contribution in [0, 0.1) is 5.92 Å². The van der Waals surface area contributed by atoms with Crippen molar-refractivity contribution in [1.29, 1.82) is 0 Å². The van der Waals surface area contributed by atoms with Crippen molar-refractivity contribution in [2.75, 3.05) is 0 Å². The Hall–Kier alpha value is -1.74. The fraction of sp³-hybridized carbons (Fsp3) is 0.333. The van der Waals surface area contributed by atoms with Gasteiger partial charge in [0.05, 0.1) is 0 Å². The molecule has 0 aromatic heterocycles. The van der Waals surface area contributed by atoms with E-state index in [-0.39, 0.29) is 5.56 Å². The molecule has 1 aliphatic carbocycles. The highest BCUT2D eigenvalue weighted by Gasteiger charge is 2.31. The van der Waals surface area contributed by atoms with Crippen LogP contribution in [0.1, 0.15) is 42.0 Å². The van der Waals surface area contributed by atoms with Crippen LogP contribution in [0.3, 0.4) is 0 Å². The van der Waals surface area contributed by atoms with E-state index in [0.29, 0.717) is 18.5 Å². The summed E-state index contributed by atoms with van der Waals surface area (Å²) in [5.41, 5.74) is 2.44. The average molecular weight is 287 g/mol. The molecule has 1 nitrogen and oxygen atoms in total. The largest absolute Gasteiger partial charge is 0.306 e. The van der Waals surface area contributed by atoms with Gasteiger partial charge >= 0.3 is 0 Å². The van der Waals surface area contributed by atoms with E-state index in [1.807, 2.05) is 6.07 Å². The molecular weight excluding hydrogens is 268 g/mol. The lowest BCUT2D eigenvalue weighted by Crippen LogP contribution is -2.22. The Bertz CT molecular complexity index is 562. The second-order valence-corrected chi connectivity index (χ2v) is 5.65. The molecule has 1 saturated carbocycles. The van der Waals surface area contributed by atoms with Gasteiger partial charge in [-0.1, -0.05) is 54.6 Å². The van der Waals surface area contributed by atoms with E-state index in [9.17, 15) is 8.78 Å². The molecule has 21 heavy (non-hydrogen) atoms. The fourth-order valence-corrected chi connectivity index (χ4v) is 2.66. The van der Waals surface area contributed by atoms with Gasteiger partial charge in [0.1, 0.15) is 0 Å². The number of benzene rings is 2. The van der Waals surface area contributed by atoms with Crippen LogP contribution in [0.15, 0.2) is 54.6 Å². The van der Waals surface area contributed by atoms with E-state index >= 15 is 0 Å². The first-order valence-corrected chi connectivity index (χ1v) is 7.39. The normalized spacial score (nSPS) is 16.1. The summed E-state index contributed by atoms with van der Waals surface area (Å²) >= 11 is 0. The predicted octanol–water partition coefficient (Wildman–Crippen LogP) is 4.87. The van der Waals surface area contributed by atoms with Crippen molar-refractivity contribution in [3.8, 4) is 0 Å². The van der Waals surface area contributed by atoms with Crippen molar-refractivity contribution in [3.05, 3.63) is 71.3 Å². The first-order chi connectivity index (χ1) is 10.2. The summed E-state index contributed by atoms with van der Waals surface area (Å²) in [5, 5.41) is 3.58. The van der Waals surface area contributed by atoms with Crippen LogP contribution in [0.25, 0.3) is 0 Å². The topological polar surface area (TPSA) is 12.0 Å². The molecule has 0 spiro atoms. The lowest BCUT2D eigenvalue weighted by molar-refractivity contribution is 0.151. The van der Waals surface area contributed by atoms with E-state index in [0.717, 1.165) is 5.56 Å². The van der Waals surface area contributed by atoms with Crippen LogP contribution < -0.4 is 5.32 Å². The number of hydrogen-bond donors (Lipinski definition) is 1. The fourth-order valence-electron chi connectivity index (χ4n) is 2.66. The maximum absolute atomic E-state index is 12.5. The maximum Gasteiger partial charge on any atom is 0.263 e. The van der Waals surface area contributed by atoms with Gasteiger partial charge in [0.2, 0.25) is 0 Å². The number of rotatable bonds is 6. The number of nitrogens with one attached hydrogen (secondary N) is 1. The zero-order valence-electron chi connectivity index (χ0n) is 11.8. The van der Waals surface area contributed by atoms with Gasteiger partial charge in [-0.25, -0.2) is 8.78 Å². The van der Waals surface area contributed by atoms with E-state index < -0.39 is 6.43 Å². The van der Waals surface area contributed by atoms with Crippen molar-refractivity contribution < 1.29 is 8.78 Å². The Morgan fingerprint density at radius 3 is 2.14 bits per heavy atom. The minimum absolute atomic E-state index is 0.0838. The van der Waals surface area contributed by atoms with Crippen LogP contribution >= 0.6 is 0 Å². The maximum atomic E-state index is 12.5. The Kier molecular flexibility index (Phi) is 4.30. The monoisotopic (exact) mass is 287 g/mol. The Balaban J connectivity index is 1.64. The van der Waals surface area contributed by atoms with Crippen molar-refractivity contribution in [2.24, 2.45) is 5.92 Å². The van der Waals surface area contributed by atoms with E-state index in [4.69, 9.17) is 0 Å². The van der Waals surface area contributed by atoms with Gasteiger partial charge in [0.15, 0.2) is 0 Å². The summed E-state index contributed by atoms with van der Waals surface area (Å²) in [7, 11) is 0. The second kappa shape index (κ2) is 6.35. The molecule has 0 radical (unpaired) electrons. The van der Waals surface area contributed by atoms with Crippen molar-refractivity contribution in [1.82, 2.24) is 5.32 Å². The third-order valence-electron chi connectivity index (χ3n) is 4.01. The van der Waals surface area contributed by atoms with Crippen LogP contribution in [0.5, 0.6) is 0 Å². The molecule has 0 saturated heterocycles. The van der Waals surface area contributed by atoms with Gasteiger partial charge in [0, 0.05) is 18.2 Å². The van der Waals surface area contributed by atoms with Gasteiger partial charge < -0.3 is 5.32 Å². The molecule has 1 fully saturated rings. The summed E-state index contributed by atoms with van der Waals surface area (Å²) in [6.45, 7) is 0.708. The zero-order chi connectivity index (χ0) is 14.7. The van der Waals surface area contributed by atoms with E-state index in [1.165, 1.54) is 30.5 Å². The molecule has 1 unspecified atom stereocenters. The van der Waals surface area contributed by atoms with Crippen LogP contribution in [0.4, 0.5) is 8.78 Å². The molecule has 0 bridgehead atoms. The van der Waals surface area contributed by atoms with Crippen molar-refractivity contribution in [2.45, 2.75) is 31.9 Å². The van der Waals surface area contributed by atoms with Crippen LogP contribution in [-0.2, 0) is 6.54 Å². The molecule has 2 aromatic carbocycles. The summed E-state index contributed by atoms with van der Waals surface area (Å²) in [6, 6.07) is 17.4. The molecule has 0 aliphatic heterocycles. The molecule has 1 aliphatic rings.